The zero-order valence-electron chi connectivity index (χ0n) is 18.2. The number of alkyl carbamates (subject to hydrolysis) is 1. The lowest BCUT2D eigenvalue weighted by atomic mass is 9.98. The van der Waals surface area contributed by atoms with Crippen LogP contribution in [0.5, 0.6) is 0 Å². The minimum Gasteiger partial charge on any atom is -0.480 e. The number of halogens is 2. The first-order valence-electron chi connectivity index (χ1n) is 10.8. The topological polar surface area (TPSA) is 125 Å². The minimum atomic E-state index is -3.41. The highest BCUT2D eigenvalue weighted by molar-refractivity contribution is 5.88. The predicted molar refractivity (Wildman–Crippen MR) is 116 cm³/mol. The second kappa shape index (κ2) is 9.02. The molecule has 2 unspecified atom stereocenters. The van der Waals surface area contributed by atoms with E-state index in [-0.39, 0.29) is 12.5 Å². The first-order valence-corrected chi connectivity index (χ1v) is 10.8. The van der Waals surface area contributed by atoms with E-state index in [1.807, 2.05) is 53.8 Å². The summed E-state index contributed by atoms with van der Waals surface area (Å²) in [6.07, 6.45) is -2.36. The molecule has 0 radical (unpaired) electrons. The van der Waals surface area contributed by atoms with Crippen molar-refractivity contribution in [3.63, 3.8) is 0 Å². The van der Waals surface area contributed by atoms with Gasteiger partial charge in [-0.05, 0) is 29.2 Å². The van der Waals surface area contributed by atoms with Gasteiger partial charge in [0.2, 0.25) is 5.91 Å². The standard InChI is InChI=1S/C24H24F2N2O6/c1-12(29)20(22(31)32)28-21(30)19-18(24(19,25)26)10-27-23(33)34-11-17-15-8-4-2-6-13(15)14-7-3-5-9-16(14)17/h2-9,12,17-20,29H,10-11H2,1H3,(H,27,33)(H,28,30)(H,31,32)/t12-,18?,19?,20+/m1/s1. The molecule has 4 atom stereocenters. The number of carbonyl (C=O) groups is 3. The van der Waals surface area contributed by atoms with E-state index in [0.717, 1.165) is 29.2 Å². The van der Waals surface area contributed by atoms with E-state index in [2.05, 4.69) is 5.32 Å². The molecule has 2 aliphatic carbocycles. The molecule has 180 valence electrons. The molecule has 0 heterocycles. The number of amides is 2. The molecule has 0 saturated heterocycles. The second-order valence-electron chi connectivity index (χ2n) is 8.53. The highest BCUT2D eigenvalue weighted by Gasteiger charge is 2.71. The number of benzene rings is 2. The number of carboxylic acid groups (broad SMARTS) is 1. The molecule has 0 bridgehead atoms. The van der Waals surface area contributed by atoms with Gasteiger partial charge >= 0.3 is 12.1 Å². The predicted octanol–water partition coefficient (Wildman–Crippen LogP) is 2.36. The van der Waals surface area contributed by atoms with Crippen LogP contribution in [0.25, 0.3) is 11.1 Å². The highest BCUT2D eigenvalue weighted by atomic mass is 19.3. The molecule has 4 rings (SSSR count). The number of alkyl halides is 2. The van der Waals surface area contributed by atoms with Crippen LogP contribution in [0.2, 0.25) is 0 Å². The van der Waals surface area contributed by atoms with Gasteiger partial charge in [-0.25, -0.2) is 18.4 Å². The van der Waals surface area contributed by atoms with Crippen molar-refractivity contribution < 1.29 is 38.1 Å². The van der Waals surface area contributed by atoms with Crippen molar-refractivity contribution in [2.45, 2.75) is 30.9 Å². The summed E-state index contributed by atoms with van der Waals surface area (Å²) in [5.41, 5.74) is 4.12. The molecule has 4 N–H and O–H groups in total. The monoisotopic (exact) mass is 474 g/mol. The number of nitrogens with one attached hydrogen (secondary N) is 2. The van der Waals surface area contributed by atoms with Gasteiger partial charge < -0.3 is 25.6 Å². The fraction of sp³-hybridized carbons (Fsp3) is 0.375. The number of aliphatic carboxylic acids is 1. The third-order valence-electron chi connectivity index (χ3n) is 6.34. The van der Waals surface area contributed by atoms with E-state index >= 15 is 0 Å². The Bertz CT molecular complexity index is 1080. The molecule has 0 aliphatic heterocycles. The van der Waals surface area contributed by atoms with Crippen LogP contribution in [0.1, 0.15) is 24.0 Å². The van der Waals surface area contributed by atoms with Crippen molar-refractivity contribution in [3.8, 4) is 11.1 Å². The maximum atomic E-state index is 14.1. The lowest BCUT2D eigenvalue weighted by Crippen LogP contribution is -2.48. The number of aliphatic hydroxyl groups is 1. The van der Waals surface area contributed by atoms with Crippen molar-refractivity contribution >= 4 is 18.0 Å². The van der Waals surface area contributed by atoms with Gasteiger partial charge in [0.25, 0.3) is 5.92 Å². The number of aliphatic hydroxyl groups excluding tert-OH is 1. The van der Waals surface area contributed by atoms with Gasteiger partial charge in [-0.1, -0.05) is 48.5 Å². The summed E-state index contributed by atoms with van der Waals surface area (Å²) in [7, 11) is 0. The van der Waals surface area contributed by atoms with E-state index < -0.39 is 54.4 Å². The number of hydrogen-bond donors (Lipinski definition) is 4. The molecule has 0 aromatic heterocycles. The van der Waals surface area contributed by atoms with E-state index in [1.165, 1.54) is 0 Å². The lowest BCUT2D eigenvalue weighted by Gasteiger charge is -2.16. The summed E-state index contributed by atoms with van der Waals surface area (Å²) < 4.78 is 33.5. The molecule has 2 amide bonds. The first-order chi connectivity index (χ1) is 16.1. The van der Waals surface area contributed by atoms with Crippen molar-refractivity contribution in [1.29, 1.82) is 0 Å². The Kier molecular flexibility index (Phi) is 6.26. The Morgan fingerprint density at radius 2 is 1.62 bits per heavy atom. The molecule has 1 fully saturated rings. The molecular formula is C24H24F2N2O6. The van der Waals surface area contributed by atoms with Crippen molar-refractivity contribution in [1.82, 2.24) is 10.6 Å². The molecule has 2 aromatic rings. The third-order valence-corrected chi connectivity index (χ3v) is 6.34. The van der Waals surface area contributed by atoms with E-state index in [9.17, 15) is 28.3 Å². The Morgan fingerprint density at radius 3 is 2.15 bits per heavy atom. The average Bonchev–Trinajstić information content (AvgIpc) is 3.20. The number of rotatable bonds is 8. The summed E-state index contributed by atoms with van der Waals surface area (Å²) in [5.74, 6) is -9.65. The summed E-state index contributed by atoms with van der Waals surface area (Å²) >= 11 is 0. The van der Waals surface area contributed by atoms with Crippen molar-refractivity contribution in [2.75, 3.05) is 13.2 Å². The van der Waals surface area contributed by atoms with Crippen LogP contribution in [0.15, 0.2) is 48.5 Å². The molecule has 2 aromatic carbocycles. The van der Waals surface area contributed by atoms with Crippen molar-refractivity contribution in [3.05, 3.63) is 59.7 Å². The Hall–Kier alpha value is -3.53. The molecule has 8 nitrogen and oxygen atoms in total. The molecule has 1 saturated carbocycles. The summed E-state index contributed by atoms with van der Waals surface area (Å²) in [6, 6.07) is 13.8. The van der Waals surface area contributed by atoms with Gasteiger partial charge in [0, 0.05) is 12.5 Å². The first kappa shape index (κ1) is 23.6. The van der Waals surface area contributed by atoms with Gasteiger partial charge in [-0.2, -0.15) is 0 Å². The third kappa shape index (κ3) is 4.33. The zero-order valence-corrected chi connectivity index (χ0v) is 18.2. The van der Waals surface area contributed by atoms with Crippen molar-refractivity contribution in [2.24, 2.45) is 11.8 Å². The number of carbonyl (C=O) groups excluding carboxylic acids is 2. The van der Waals surface area contributed by atoms with Crippen LogP contribution in [0.3, 0.4) is 0 Å². The van der Waals surface area contributed by atoms with Crippen LogP contribution in [-0.2, 0) is 14.3 Å². The summed E-state index contributed by atoms with van der Waals surface area (Å²) in [4.78, 5) is 35.4. The summed E-state index contributed by atoms with van der Waals surface area (Å²) in [5, 5.41) is 22.6. The normalized spacial score (nSPS) is 21.5. The number of fused-ring (bicyclic) bond motifs is 3. The van der Waals surface area contributed by atoms with Crippen LogP contribution < -0.4 is 10.6 Å². The SMILES string of the molecule is C[C@@H](O)[C@H](NC(=O)C1C(CNC(=O)OCC2c3ccccc3-c3ccccc32)C1(F)F)C(=O)O. The summed E-state index contributed by atoms with van der Waals surface area (Å²) in [6.45, 7) is 0.619. The number of ether oxygens (including phenoxy) is 1. The molecule has 2 aliphatic rings. The average molecular weight is 474 g/mol. The quantitative estimate of drug-likeness (QED) is 0.466. The van der Waals surface area contributed by atoms with Gasteiger partial charge in [0.05, 0.1) is 12.0 Å². The van der Waals surface area contributed by atoms with Crippen LogP contribution in [-0.4, -0.2) is 59.4 Å². The lowest BCUT2D eigenvalue weighted by molar-refractivity contribution is -0.145. The molecule has 0 spiro atoms. The maximum Gasteiger partial charge on any atom is 0.407 e. The van der Waals surface area contributed by atoms with Gasteiger partial charge in [0.15, 0.2) is 6.04 Å². The number of carboxylic acids is 1. The van der Waals surface area contributed by atoms with Gasteiger partial charge in [0.1, 0.15) is 12.5 Å². The minimum absolute atomic E-state index is 0.0134. The smallest absolute Gasteiger partial charge is 0.407 e. The highest BCUT2D eigenvalue weighted by Crippen LogP contribution is 2.55. The zero-order chi connectivity index (χ0) is 24.6. The molecule has 10 heteroatoms. The fourth-order valence-corrected chi connectivity index (χ4v) is 4.48. The maximum absolute atomic E-state index is 14.1. The Labute approximate surface area is 193 Å². The van der Waals surface area contributed by atoms with Crippen LogP contribution in [0, 0.1) is 11.8 Å². The number of hydrogen-bond acceptors (Lipinski definition) is 5. The van der Waals surface area contributed by atoms with E-state index in [1.54, 1.807) is 0 Å². The van der Waals surface area contributed by atoms with E-state index in [4.69, 9.17) is 9.84 Å². The largest absolute Gasteiger partial charge is 0.480 e. The fourth-order valence-electron chi connectivity index (χ4n) is 4.48. The van der Waals surface area contributed by atoms with Gasteiger partial charge in [-0.15, -0.1) is 0 Å². The van der Waals surface area contributed by atoms with Crippen LogP contribution >= 0.6 is 0 Å². The second-order valence-corrected chi connectivity index (χ2v) is 8.53. The molecule has 34 heavy (non-hydrogen) atoms. The Balaban J connectivity index is 1.32. The Morgan fingerprint density at radius 1 is 1.06 bits per heavy atom. The van der Waals surface area contributed by atoms with E-state index in [0.29, 0.717) is 0 Å². The molecular weight excluding hydrogens is 450 g/mol. The van der Waals surface area contributed by atoms with Crippen LogP contribution in [0.4, 0.5) is 13.6 Å². The van der Waals surface area contributed by atoms with Gasteiger partial charge in [-0.3, -0.25) is 4.79 Å².